The number of hydrogen-bond acceptors (Lipinski definition) is 3. The summed E-state index contributed by atoms with van der Waals surface area (Å²) in [6.07, 6.45) is 3.21. The topological polar surface area (TPSA) is 49.8 Å². The van der Waals surface area contributed by atoms with Gasteiger partial charge in [-0.25, -0.2) is 0 Å². The van der Waals surface area contributed by atoms with Gasteiger partial charge in [-0.3, -0.25) is 4.79 Å². The lowest BCUT2D eigenvalue weighted by Gasteiger charge is -2.34. The Morgan fingerprint density at radius 1 is 1.62 bits per heavy atom. The second-order valence-electron chi connectivity index (χ2n) is 3.36. The molecule has 0 saturated carbocycles. The van der Waals surface area contributed by atoms with Gasteiger partial charge in [0.15, 0.2) is 0 Å². The van der Waals surface area contributed by atoms with Crippen LogP contribution < -0.4 is 0 Å². The first-order valence-corrected chi connectivity index (χ1v) is 4.71. The molecular weight excluding hydrogens is 170 g/mol. The Morgan fingerprint density at radius 3 is 3.00 bits per heavy atom. The number of carbonyl (C=O) groups is 1. The third-order valence-electron chi connectivity index (χ3n) is 2.43. The van der Waals surface area contributed by atoms with Crippen molar-refractivity contribution in [2.75, 3.05) is 19.9 Å². The molecule has 0 aliphatic carbocycles. The van der Waals surface area contributed by atoms with Gasteiger partial charge in [0.2, 0.25) is 5.91 Å². The summed E-state index contributed by atoms with van der Waals surface area (Å²) in [7, 11) is 0. The third-order valence-corrected chi connectivity index (χ3v) is 2.43. The number of hydrogen-bond donors (Lipinski definition) is 1. The average molecular weight is 187 g/mol. The van der Waals surface area contributed by atoms with E-state index in [1.165, 1.54) is 0 Å². The Balaban J connectivity index is 2.41. The van der Waals surface area contributed by atoms with Crippen molar-refractivity contribution in [3.63, 3.8) is 0 Å². The fraction of sp³-hybridized carbons (Fsp3) is 0.889. The van der Waals surface area contributed by atoms with Crippen LogP contribution in [0.15, 0.2) is 0 Å². The highest BCUT2D eigenvalue weighted by Crippen LogP contribution is 2.17. The molecule has 1 heterocycles. The molecule has 1 aliphatic rings. The molecule has 0 spiro atoms. The van der Waals surface area contributed by atoms with Gasteiger partial charge in [-0.2, -0.15) is 0 Å². The SMILES string of the molecule is CC(=O)N1CCCC[C@@H]1COCO. The van der Waals surface area contributed by atoms with Crippen molar-refractivity contribution in [3.05, 3.63) is 0 Å². The molecule has 1 atom stereocenters. The zero-order valence-corrected chi connectivity index (χ0v) is 8.03. The second-order valence-corrected chi connectivity index (χ2v) is 3.36. The molecule has 4 heteroatoms. The molecule has 1 N–H and O–H groups in total. The predicted molar refractivity (Wildman–Crippen MR) is 48.1 cm³/mol. The molecule has 1 fully saturated rings. The van der Waals surface area contributed by atoms with Crippen LogP contribution in [0.25, 0.3) is 0 Å². The lowest BCUT2D eigenvalue weighted by atomic mass is 10.0. The Bertz CT molecular complexity index is 172. The average Bonchev–Trinajstić information content (AvgIpc) is 2.15. The number of rotatable bonds is 3. The summed E-state index contributed by atoms with van der Waals surface area (Å²) < 4.78 is 4.92. The molecule has 1 aliphatic heterocycles. The number of aliphatic hydroxyl groups is 1. The number of ether oxygens (including phenoxy) is 1. The highest BCUT2D eigenvalue weighted by atomic mass is 16.6. The van der Waals surface area contributed by atoms with Gasteiger partial charge >= 0.3 is 0 Å². The molecule has 0 unspecified atom stereocenters. The van der Waals surface area contributed by atoms with E-state index in [-0.39, 0.29) is 18.7 Å². The minimum atomic E-state index is -0.262. The highest BCUT2D eigenvalue weighted by Gasteiger charge is 2.23. The Kier molecular flexibility index (Phi) is 4.18. The number of likely N-dealkylation sites (tertiary alicyclic amines) is 1. The fourth-order valence-corrected chi connectivity index (χ4v) is 1.78. The van der Waals surface area contributed by atoms with E-state index in [9.17, 15) is 4.79 Å². The normalized spacial score (nSPS) is 23.2. The first-order valence-electron chi connectivity index (χ1n) is 4.71. The molecule has 1 rings (SSSR count). The maximum Gasteiger partial charge on any atom is 0.219 e. The number of piperidine rings is 1. The first kappa shape index (κ1) is 10.5. The lowest BCUT2D eigenvalue weighted by Crippen LogP contribution is -2.45. The molecule has 0 aromatic carbocycles. The molecule has 0 aromatic heterocycles. The van der Waals surface area contributed by atoms with E-state index in [1.807, 2.05) is 4.90 Å². The van der Waals surface area contributed by atoms with E-state index >= 15 is 0 Å². The van der Waals surface area contributed by atoms with Crippen molar-refractivity contribution in [2.45, 2.75) is 32.2 Å². The van der Waals surface area contributed by atoms with Crippen molar-refractivity contribution < 1.29 is 14.6 Å². The Morgan fingerprint density at radius 2 is 2.38 bits per heavy atom. The van der Waals surface area contributed by atoms with Gasteiger partial charge in [0, 0.05) is 13.5 Å². The van der Waals surface area contributed by atoms with Gasteiger partial charge in [-0.05, 0) is 19.3 Å². The van der Waals surface area contributed by atoms with Crippen LogP contribution in [0.3, 0.4) is 0 Å². The number of carbonyl (C=O) groups excluding carboxylic acids is 1. The summed E-state index contributed by atoms with van der Waals surface area (Å²) in [5.74, 6) is 0.103. The standard InChI is InChI=1S/C9H17NO3/c1-8(12)10-5-3-2-4-9(10)6-13-7-11/h9,11H,2-7H2,1H3/t9-/m1/s1. The van der Waals surface area contributed by atoms with E-state index in [4.69, 9.17) is 9.84 Å². The predicted octanol–water partition coefficient (Wildman–Crippen LogP) is 0.354. The van der Waals surface area contributed by atoms with Crippen LogP contribution in [0.2, 0.25) is 0 Å². The van der Waals surface area contributed by atoms with Gasteiger partial charge in [0.25, 0.3) is 0 Å². The van der Waals surface area contributed by atoms with Gasteiger partial charge < -0.3 is 14.7 Å². The van der Waals surface area contributed by atoms with E-state index < -0.39 is 0 Å². The quantitative estimate of drug-likeness (QED) is 0.649. The van der Waals surface area contributed by atoms with Crippen molar-refractivity contribution >= 4 is 5.91 Å². The van der Waals surface area contributed by atoms with Crippen molar-refractivity contribution in [1.82, 2.24) is 4.90 Å². The Labute approximate surface area is 78.5 Å². The van der Waals surface area contributed by atoms with Gasteiger partial charge in [-0.1, -0.05) is 0 Å². The second kappa shape index (κ2) is 5.19. The number of amides is 1. The van der Waals surface area contributed by atoms with E-state index in [2.05, 4.69) is 0 Å². The van der Waals surface area contributed by atoms with Crippen molar-refractivity contribution in [2.24, 2.45) is 0 Å². The summed E-state index contributed by atoms with van der Waals surface area (Å²) in [5.41, 5.74) is 0. The fourth-order valence-electron chi connectivity index (χ4n) is 1.78. The van der Waals surface area contributed by atoms with Crippen LogP contribution >= 0.6 is 0 Å². The summed E-state index contributed by atoms with van der Waals surface area (Å²) in [6, 6.07) is 0.165. The van der Waals surface area contributed by atoms with Crippen molar-refractivity contribution in [3.8, 4) is 0 Å². The molecule has 1 amide bonds. The largest absolute Gasteiger partial charge is 0.371 e. The number of nitrogens with zero attached hydrogens (tertiary/aromatic N) is 1. The zero-order valence-electron chi connectivity index (χ0n) is 8.03. The summed E-state index contributed by atoms with van der Waals surface area (Å²) in [6.45, 7) is 2.60. The summed E-state index contributed by atoms with van der Waals surface area (Å²) in [4.78, 5) is 13.0. The molecule has 0 bridgehead atoms. The smallest absolute Gasteiger partial charge is 0.219 e. The minimum Gasteiger partial charge on any atom is -0.371 e. The summed E-state index contributed by atoms with van der Waals surface area (Å²) >= 11 is 0. The zero-order chi connectivity index (χ0) is 9.68. The highest BCUT2D eigenvalue weighted by molar-refractivity contribution is 5.73. The van der Waals surface area contributed by atoms with Gasteiger partial charge in [-0.15, -0.1) is 0 Å². The van der Waals surface area contributed by atoms with E-state index in [0.717, 1.165) is 25.8 Å². The summed E-state index contributed by atoms with van der Waals surface area (Å²) in [5, 5.41) is 8.50. The van der Waals surface area contributed by atoms with Crippen LogP contribution in [-0.2, 0) is 9.53 Å². The molecule has 76 valence electrons. The molecule has 13 heavy (non-hydrogen) atoms. The van der Waals surface area contributed by atoms with Gasteiger partial charge in [0.05, 0.1) is 12.6 Å². The lowest BCUT2D eigenvalue weighted by molar-refractivity contribution is -0.135. The van der Waals surface area contributed by atoms with Crippen LogP contribution in [0.1, 0.15) is 26.2 Å². The first-order chi connectivity index (χ1) is 6.25. The molecular formula is C9H17NO3. The van der Waals surface area contributed by atoms with E-state index in [1.54, 1.807) is 6.92 Å². The van der Waals surface area contributed by atoms with Crippen LogP contribution in [0, 0.1) is 0 Å². The van der Waals surface area contributed by atoms with Crippen molar-refractivity contribution in [1.29, 1.82) is 0 Å². The maximum atomic E-state index is 11.2. The van der Waals surface area contributed by atoms with Crippen LogP contribution in [-0.4, -0.2) is 41.9 Å². The van der Waals surface area contributed by atoms with Crippen LogP contribution in [0.4, 0.5) is 0 Å². The monoisotopic (exact) mass is 187 g/mol. The Hall–Kier alpha value is -0.610. The molecule has 0 radical (unpaired) electrons. The molecule has 0 aromatic rings. The maximum absolute atomic E-state index is 11.2. The third kappa shape index (κ3) is 2.97. The van der Waals surface area contributed by atoms with Crippen LogP contribution in [0.5, 0.6) is 0 Å². The molecule has 4 nitrogen and oxygen atoms in total. The minimum absolute atomic E-state index is 0.103. The van der Waals surface area contributed by atoms with Gasteiger partial charge in [0.1, 0.15) is 6.79 Å². The molecule has 1 saturated heterocycles. The van der Waals surface area contributed by atoms with E-state index in [0.29, 0.717) is 6.61 Å². The number of aliphatic hydroxyl groups excluding tert-OH is 1.